The second-order valence-electron chi connectivity index (χ2n) is 10.8. The van der Waals surface area contributed by atoms with E-state index in [9.17, 15) is 26.7 Å². The average Bonchev–Trinajstić information content (AvgIpc) is 3.27. The quantitative estimate of drug-likeness (QED) is 0.339. The van der Waals surface area contributed by atoms with Crippen molar-refractivity contribution in [2.45, 2.75) is 64.1 Å². The van der Waals surface area contributed by atoms with E-state index >= 15 is 0 Å². The number of aromatic nitrogens is 1. The molecule has 222 valence electrons. The summed E-state index contributed by atoms with van der Waals surface area (Å²) in [6.45, 7) is 7.24. The number of likely N-dealkylation sites (tertiary alicyclic amines) is 2. The number of nitrogens with zero attached hydrogens (tertiary/aromatic N) is 2. The molecule has 3 heterocycles. The first-order valence-corrected chi connectivity index (χ1v) is 13.6. The normalized spacial score (nSPS) is 18.2. The van der Waals surface area contributed by atoms with Gasteiger partial charge in [-0.3, -0.25) is 9.69 Å². The number of carboxylic acid groups (broad SMARTS) is 1. The van der Waals surface area contributed by atoms with Gasteiger partial charge in [0, 0.05) is 48.9 Å². The van der Waals surface area contributed by atoms with Gasteiger partial charge in [-0.1, -0.05) is 36.4 Å². The number of hydrogen-bond acceptors (Lipinski definition) is 3. The van der Waals surface area contributed by atoms with Gasteiger partial charge >= 0.3 is 12.1 Å². The molecule has 0 aliphatic carbocycles. The highest BCUT2D eigenvalue weighted by Crippen LogP contribution is 2.35. The first kappa shape index (κ1) is 30.5. The lowest BCUT2D eigenvalue weighted by atomic mass is 9.84. The van der Waals surface area contributed by atoms with Crippen molar-refractivity contribution in [3.8, 4) is 0 Å². The Hall–Kier alpha value is -3.47. The van der Waals surface area contributed by atoms with E-state index in [1.165, 1.54) is 16.7 Å². The molecule has 2 fully saturated rings. The molecule has 2 aromatic carbocycles. The van der Waals surface area contributed by atoms with Crippen LogP contribution in [0.4, 0.5) is 22.0 Å². The highest BCUT2D eigenvalue weighted by molar-refractivity contribution is 6.01. The fourth-order valence-electron chi connectivity index (χ4n) is 5.82. The molecule has 0 spiro atoms. The Morgan fingerprint density at radius 3 is 2.07 bits per heavy atom. The number of H-pyrrole nitrogens is 1. The maximum Gasteiger partial charge on any atom is 0.490 e. The van der Waals surface area contributed by atoms with Gasteiger partial charge in [-0.15, -0.1) is 0 Å². The van der Waals surface area contributed by atoms with Crippen LogP contribution in [-0.2, 0) is 11.3 Å². The van der Waals surface area contributed by atoms with Crippen LogP contribution in [0, 0.1) is 13.8 Å². The minimum Gasteiger partial charge on any atom is -0.475 e. The van der Waals surface area contributed by atoms with Crippen LogP contribution in [0.3, 0.4) is 0 Å². The van der Waals surface area contributed by atoms with Gasteiger partial charge < -0.3 is 15.0 Å². The van der Waals surface area contributed by atoms with E-state index in [4.69, 9.17) is 9.90 Å². The van der Waals surface area contributed by atoms with Crippen LogP contribution < -0.4 is 0 Å². The van der Waals surface area contributed by atoms with Crippen molar-refractivity contribution in [3.63, 3.8) is 0 Å². The van der Waals surface area contributed by atoms with E-state index in [1.54, 1.807) is 4.90 Å². The van der Waals surface area contributed by atoms with Crippen LogP contribution in [0.2, 0.25) is 0 Å². The summed E-state index contributed by atoms with van der Waals surface area (Å²) in [6.07, 6.45) is -3.42. The van der Waals surface area contributed by atoms with Gasteiger partial charge in [0.15, 0.2) is 0 Å². The Morgan fingerprint density at radius 2 is 1.51 bits per heavy atom. The van der Waals surface area contributed by atoms with Gasteiger partial charge in [0.25, 0.3) is 11.8 Å². The third kappa shape index (κ3) is 7.25. The number of rotatable bonds is 4. The number of nitrogens with one attached hydrogen (secondary N) is 1. The fraction of sp³-hybridized carbons (Fsp3) is 0.467. The third-order valence-electron chi connectivity index (χ3n) is 7.97. The second-order valence-corrected chi connectivity index (χ2v) is 10.8. The lowest BCUT2D eigenvalue weighted by molar-refractivity contribution is -0.192. The monoisotopic (exact) mass is 579 g/mol. The topological polar surface area (TPSA) is 76.6 Å². The molecule has 1 aromatic heterocycles. The van der Waals surface area contributed by atoms with E-state index in [0.29, 0.717) is 18.2 Å². The molecule has 2 N–H and O–H groups in total. The number of alkyl halides is 5. The van der Waals surface area contributed by atoms with Crippen molar-refractivity contribution in [1.82, 2.24) is 14.8 Å². The van der Waals surface area contributed by atoms with Gasteiger partial charge in [-0.2, -0.15) is 13.2 Å². The van der Waals surface area contributed by atoms with Crippen molar-refractivity contribution in [1.29, 1.82) is 0 Å². The zero-order valence-corrected chi connectivity index (χ0v) is 23.0. The molecule has 11 heteroatoms. The number of hydrogen-bond donors (Lipinski definition) is 2. The summed E-state index contributed by atoms with van der Waals surface area (Å²) in [4.78, 5) is 29.6. The van der Waals surface area contributed by atoms with Crippen molar-refractivity contribution in [2.75, 3.05) is 26.2 Å². The van der Waals surface area contributed by atoms with Crippen molar-refractivity contribution in [3.05, 3.63) is 70.4 Å². The van der Waals surface area contributed by atoms with Gasteiger partial charge in [0.2, 0.25) is 0 Å². The summed E-state index contributed by atoms with van der Waals surface area (Å²) in [5, 5.41) is 8.17. The van der Waals surface area contributed by atoms with Crippen molar-refractivity contribution in [2.24, 2.45) is 0 Å². The van der Waals surface area contributed by atoms with Gasteiger partial charge in [-0.05, 0) is 68.5 Å². The Balaban J connectivity index is 0.000000493. The van der Waals surface area contributed by atoms with Crippen LogP contribution in [0.5, 0.6) is 0 Å². The molecule has 2 saturated heterocycles. The smallest absolute Gasteiger partial charge is 0.475 e. The number of piperidine rings is 2. The molecule has 6 nitrogen and oxygen atoms in total. The number of para-hydroxylation sites is 1. The molecule has 0 radical (unpaired) electrons. The standard InChI is InChI=1S/C28H33F2N3O.C2HF3O2/c1-19-6-5-7-20(2)25(19)21-10-14-32(15-11-21)18-23-22-8-3-4-9-24(22)31-26(23)27(34)33-16-12-28(29,30)13-17-33;3-2(4,5)1(6)7/h3-9,21,31H,10-18H2,1-2H3;(H,6,7). The molecule has 3 aromatic rings. The minimum absolute atomic E-state index is 0.0990. The number of carbonyl (C=O) groups excluding carboxylic acids is 1. The number of carboxylic acids is 1. The second kappa shape index (κ2) is 12.2. The molecule has 0 unspecified atom stereocenters. The van der Waals surface area contributed by atoms with Gasteiger partial charge in [0.05, 0.1) is 0 Å². The van der Waals surface area contributed by atoms with E-state index in [2.05, 4.69) is 41.9 Å². The Labute approximate surface area is 235 Å². The van der Waals surface area contributed by atoms with E-state index in [-0.39, 0.29) is 31.8 Å². The summed E-state index contributed by atoms with van der Waals surface area (Å²) >= 11 is 0. The largest absolute Gasteiger partial charge is 0.490 e. The Morgan fingerprint density at radius 1 is 0.951 bits per heavy atom. The van der Waals surface area contributed by atoms with E-state index in [1.807, 2.05) is 24.3 Å². The SMILES string of the molecule is Cc1cccc(C)c1C1CCN(Cc2c(C(=O)N3CCC(F)(F)CC3)[nH]c3ccccc23)CC1.O=C(O)C(F)(F)F. The van der Waals surface area contributed by atoms with Crippen molar-refractivity contribution < 1.29 is 36.6 Å². The average molecular weight is 580 g/mol. The Kier molecular flexibility index (Phi) is 9.06. The molecule has 0 bridgehead atoms. The zero-order chi connectivity index (χ0) is 29.9. The highest BCUT2D eigenvalue weighted by Gasteiger charge is 2.38. The first-order valence-electron chi connectivity index (χ1n) is 13.6. The first-order chi connectivity index (χ1) is 19.3. The summed E-state index contributed by atoms with van der Waals surface area (Å²) in [6, 6.07) is 14.5. The number of halogens is 5. The summed E-state index contributed by atoms with van der Waals surface area (Å²) in [5.41, 5.74) is 6.71. The number of carbonyl (C=O) groups is 2. The lowest BCUT2D eigenvalue weighted by Gasteiger charge is -2.34. The predicted molar refractivity (Wildman–Crippen MR) is 145 cm³/mol. The summed E-state index contributed by atoms with van der Waals surface area (Å²) in [5.74, 6) is -5.02. The summed E-state index contributed by atoms with van der Waals surface area (Å²) in [7, 11) is 0. The van der Waals surface area contributed by atoms with Crippen LogP contribution in [0.1, 0.15) is 64.3 Å². The van der Waals surface area contributed by atoms with Gasteiger partial charge in [0.1, 0.15) is 5.69 Å². The van der Waals surface area contributed by atoms with Crippen LogP contribution >= 0.6 is 0 Å². The lowest BCUT2D eigenvalue weighted by Crippen LogP contribution is -2.43. The number of fused-ring (bicyclic) bond motifs is 1. The fourth-order valence-corrected chi connectivity index (χ4v) is 5.82. The molecular weight excluding hydrogens is 545 g/mol. The Bertz CT molecular complexity index is 1360. The number of amides is 1. The summed E-state index contributed by atoms with van der Waals surface area (Å²) < 4.78 is 59.0. The molecule has 0 saturated carbocycles. The third-order valence-corrected chi connectivity index (χ3v) is 7.97. The molecule has 0 atom stereocenters. The van der Waals surface area contributed by atoms with Crippen molar-refractivity contribution >= 4 is 22.8 Å². The van der Waals surface area contributed by atoms with Crippen LogP contribution in [-0.4, -0.2) is 70.0 Å². The maximum absolute atomic E-state index is 13.7. The minimum atomic E-state index is -5.08. The van der Waals surface area contributed by atoms with E-state index in [0.717, 1.165) is 42.4 Å². The van der Waals surface area contributed by atoms with Crippen LogP contribution in [0.25, 0.3) is 10.9 Å². The number of aryl methyl sites for hydroxylation is 2. The molecular formula is C30H34F5N3O3. The molecule has 2 aliphatic heterocycles. The molecule has 5 rings (SSSR count). The number of aromatic amines is 1. The maximum atomic E-state index is 13.7. The number of benzene rings is 2. The van der Waals surface area contributed by atoms with Crippen LogP contribution in [0.15, 0.2) is 42.5 Å². The molecule has 1 amide bonds. The number of aliphatic carboxylic acids is 1. The zero-order valence-electron chi connectivity index (χ0n) is 23.0. The highest BCUT2D eigenvalue weighted by atomic mass is 19.4. The predicted octanol–water partition coefficient (Wildman–Crippen LogP) is 6.67. The molecule has 41 heavy (non-hydrogen) atoms. The van der Waals surface area contributed by atoms with E-state index < -0.39 is 18.1 Å². The van der Waals surface area contributed by atoms with Gasteiger partial charge in [-0.25, -0.2) is 13.6 Å². The molecule has 2 aliphatic rings.